The van der Waals surface area contributed by atoms with Crippen molar-refractivity contribution in [2.45, 2.75) is 26.3 Å². The highest BCUT2D eigenvalue weighted by molar-refractivity contribution is 9.10. The zero-order chi connectivity index (χ0) is 13.5. The van der Waals surface area contributed by atoms with E-state index in [0.29, 0.717) is 23.3 Å². The molecule has 0 fully saturated rings. The van der Waals surface area contributed by atoms with Crippen LogP contribution in [0.3, 0.4) is 0 Å². The minimum atomic E-state index is 0.0181. The van der Waals surface area contributed by atoms with E-state index in [2.05, 4.69) is 27.8 Å². The first-order chi connectivity index (χ1) is 8.60. The number of amides is 1. The van der Waals surface area contributed by atoms with E-state index in [1.54, 1.807) is 25.4 Å². The van der Waals surface area contributed by atoms with Gasteiger partial charge in [0.2, 0.25) is 0 Å². The fraction of sp³-hybridized carbons (Fsp3) is 0.538. The smallest absolute Gasteiger partial charge is 0.254 e. The summed E-state index contributed by atoms with van der Waals surface area (Å²) in [7, 11) is 1.64. The molecule has 1 aromatic rings. The van der Waals surface area contributed by atoms with E-state index in [1.807, 2.05) is 11.8 Å². The van der Waals surface area contributed by atoms with Gasteiger partial charge in [-0.15, -0.1) is 0 Å². The predicted octanol–water partition coefficient (Wildman–Crippen LogP) is 2.73. The van der Waals surface area contributed by atoms with Crippen molar-refractivity contribution in [3.8, 4) is 0 Å². The van der Waals surface area contributed by atoms with Gasteiger partial charge in [0.05, 0.1) is 6.61 Å². The number of rotatable bonds is 6. The number of hydrogen-bond donors (Lipinski definition) is 0. The molecule has 0 saturated heterocycles. The molecule has 0 radical (unpaired) electrons. The maximum Gasteiger partial charge on any atom is 0.254 e. The maximum absolute atomic E-state index is 12.4. The largest absolute Gasteiger partial charge is 0.383 e. The van der Waals surface area contributed by atoms with Crippen LogP contribution >= 0.6 is 15.9 Å². The Morgan fingerprint density at radius 2 is 2.33 bits per heavy atom. The van der Waals surface area contributed by atoms with Gasteiger partial charge in [0.15, 0.2) is 0 Å². The molecule has 1 aromatic heterocycles. The molecule has 0 saturated carbocycles. The van der Waals surface area contributed by atoms with Gasteiger partial charge < -0.3 is 9.64 Å². The Bertz CT molecular complexity index is 398. The average molecular weight is 315 g/mol. The fourth-order valence-electron chi connectivity index (χ4n) is 1.63. The summed E-state index contributed by atoms with van der Waals surface area (Å²) in [5.74, 6) is 0.0181. The molecule has 0 N–H and O–H groups in total. The van der Waals surface area contributed by atoms with Crippen molar-refractivity contribution < 1.29 is 9.53 Å². The van der Waals surface area contributed by atoms with Crippen molar-refractivity contribution in [3.63, 3.8) is 0 Å². The topological polar surface area (TPSA) is 42.4 Å². The Balaban J connectivity index is 2.87. The van der Waals surface area contributed by atoms with Gasteiger partial charge in [-0.25, -0.2) is 4.98 Å². The third-order valence-electron chi connectivity index (χ3n) is 2.89. The number of aromatic nitrogens is 1. The summed E-state index contributed by atoms with van der Waals surface area (Å²) >= 11 is 3.28. The number of nitrogens with zero attached hydrogens (tertiary/aromatic N) is 2. The summed E-state index contributed by atoms with van der Waals surface area (Å²) < 4.78 is 5.73. The van der Waals surface area contributed by atoms with Crippen molar-refractivity contribution in [1.29, 1.82) is 0 Å². The van der Waals surface area contributed by atoms with Crippen LogP contribution < -0.4 is 0 Å². The van der Waals surface area contributed by atoms with Gasteiger partial charge in [-0.05, 0) is 41.4 Å². The number of ether oxygens (including phenoxy) is 1. The zero-order valence-corrected chi connectivity index (χ0v) is 12.6. The number of carbonyl (C=O) groups excluding carboxylic acids is 1. The molecule has 4 nitrogen and oxygen atoms in total. The maximum atomic E-state index is 12.4. The van der Waals surface area contributed by atoms with Crippen LogP contribution in [0.1, 0.15) is 30.6 Å². The highest BCUT2D eigenvalue weighted by Crippen LogP contribution is 2.13. The monoisotopic (exact) mass is 314 g/mol. The van der Waals surface area contributed by atoms with Crippen LogP contribution in [0, 0.1) is 0 Å². The van der Waals surface area contributed by atoms with Crippen molar-refractivity contribution in [2.24, 2.45) is 0 Å². The molecule has 1 amide bonds. The van der Waals surface area contributed by atoms with Gasteiger partial charge in [-0.3, -0.25) is 4.79 Å². The molecule has 100 valence electrons. The van der Waals surface area contributed by atoms with Gasteiger partial charge in [-0.2, -0.15) is 0 Å². The average Bonchev–Trinajstić information content (AvgIpc) is 2.38. The first-order valence-electron chi connectivity index (χ1n) is 6.01. The number of pyridine rings is 1. The number of hydrogen-bond acceptors (Lipinski definition) is 3. The molecule has 1 atom stereocenters. The lowest BCUT2D eigenvalue weighted by Crippen LogP contribution is -2.40. The summed E-state index contributed by atoms with van der Waals surface area (Å²) in [5, 5.41) is 0. The van der Waals surface area contributed by atoms with Crippen LogP contribution in [0.5, 0.6) is 0 Å². The molecular formula is C13H19BrN2O2. The summed E-state index contributed by atoms with van der Waals surface area (Å²) in [5.41, 5.74) is 0.647. The van der Waals surface area contributed by atoms with E-state index in [4.69, 9.17) is 4.74 Å². The second-order valence-electron chi connectivity index (χ2n) is 4.12. The summed E-state index contributed by atoms with van der Waals surface area (Å²) in [6, 6.07) is 3.67. The van der Waals surface area contributed by atoms with Crippen molar-refractivity contribution in [2.75, 3.05) is 20.3 Å². The highest BCUT2D eigenvalue weighted by atomic mass is 79.9. The molecular weight excluding hydrogens is 296 g/mol. The van der Waals surface area contributed by atoms with Crippen LogP contribution in [-0.4, -0.2) is 42.1 Å². The summed E-state index contributed by atoms with van der Waals surface area (Å²) in [6.45, 7) is 5.26. The van der Waals surface area contributed by atoms with E-state index in [0.717, 1.165) is 6.42 Å². The molecule has 18 heavy (non-hydrogen) atoms. The van der Waals surface area contributed by atoms with Crippen LogP contribution in [0.25, 0.3) is 0 Å². The Hall–Kier alpha value is -0.940. The Morgan fingerprint density at radius 3 is 2.89 bits per heavy atom. The van der Waals surface area contributed by atoms with Gasteiger partial charge in [0.25, 0.3) is 5.91 Å². The van der Waals surface area contributed by atoms with E-state index < -0.39 is 0 Å². The molecule has 1 rings (SSSR count). The molecule has 0 aliphatic heterocycles. The van der Waals surface area contributed by atoms with E-state index in [9.17, 15) is 4.79 Å². The van der Waals surface area contributed by atoms with Gasteiger partial charge in [0.1, 0.15) is 4.60 Å². The van der Waals surface area contributed by atoms with Gasteiger partial charge >= 0.3 is 0 Å². The number of carbonyl (C=O) groups is 1. The fourth-order valence-corrected chi connectivity index (χ4v) is 2.00. The lowest BCUT2D eigenvalue weighted by Gasteiger charge is -2.28. The van der Waals surface area contributed by atoms with E-state index in [1.165, 1.54) is 0 Å². The first kappa shape index (κ1) is 15.1. The zero-order valence-electron chi connectivity index (χ0n) is 11.0. The minimum Gasteiger partial charge on any atom is -0.383 e. The third-order valence-corrected chi connectivity index (χ3v) is 3.33. The van der Waals surface area contributed by atoms with Crippen molar-refractivity contribution in [1.82, 2.24) is 9.88 Å². The molecule has 0 aliphatic carbocycles. The van der Waals surface area contributed by atoms with E-state index >= 15 is 0 Å². The predicted molar refractivity (Wildman–Crippen MR) is 74.6 cm³/mol. The Morgan fingerprint density at radius 1 is 1.61 bits per heavy atom. The SMILES string of the molecule is CCC(C)N(CCOC)C(=O)c1ccnc(Br)c1. The molecule has 0 aliphatic rings. The summed E-state index contributed by atoms with van der Waals surface area (Å²) in [6.07, 6.45) is 2.55. The molecule has 0 aromatic carbocycles. The Kier molecular flexibility index (Phi) is 6.29. The second kappa shape index (κ2) is 7.48. The van der Waals surface area contributed by atoms with Crippen LogP contribution in [-0.2, 0) is 4.74 Å². The molecule has 0 spiro atoms. The van der Waals surface area contributed by atoms with Gasteiger partial charge in [0, 0.05) is 31.5 Å². The lowest BCUT2D eigenvalue weighted by atomic mass is 10.1. The first-order valence-corrected chi connectivity index (χ1v) is 6.80. The van der Waals surface area contributed by atoms with E-state index in [-0.39, 0.29) is 11.9 Å². The molecule has 1 heterocycles. The number of halogens is 1. The normalized spacial score (nSPS) is 12.2. The molecule has 0 bridgehead atoms. The standard InChI is InChI=1S/C13H19BrN2O2/c1-4-10(2)16(7-8-18-3)13(17)11-5-6-15-12(14)9-11/h5-6,9-10H,4,7-8H2,1-3H3. The number of methoxy groups -OCH3 is 1. The highest BCUT2D eigenvalue weighted by Gasteiger charge is 2.20. The molecule has 5 heteroatoms. The van der Waals surface area contributed by atoms with Crippen LogP contribution in [0.15, 0.2) is 22.9 Å². The van der Waals surface area contributed by atoms with Crippen molar-refractivity contribution in [3.05, 3.63) is 28.5 Å². The van der Waals surface area contributed by atoms with Crippen LogP contribution in [0.4, 0.5) is 0 Å². The quantitative estimate of drug-likeness (QED) is 0.758. The minimum absolute atomic E-state index is 0.0181. The Labute approximate surface area is 116 Å². The van der Waals surface area contributed by atoms with Gasteiger partial charge in [-0.1, -0.05) is 6.92 Å². The lowest BCUT2D eigenvalue weighted by molar-refractivity contribution is 0.0613. The van der Waals surface area contributed by atoms with Crippen LogP contribution in [0.2, 0.25) is 0 Å². The second-order valence-corrected chi connectivity index (χ2v) is 4.93. The summed E-state index contributed by atoms with van der Waals surface area (Å²) in [4.78, 5) is 18.3. The third kappa shape index (κ3) is 4.07. The van der Waals surface area contributed by atoms with Crippen molar-refractivity contribution >= 4 is 21.8 Å². The molecule has 1 unspecified atom stereocenters.